The molecule has 56 valence electrons. The van der Waals surface area contributed by atoms with Gasteiger partial charge in [-0.2, -0.15) is 0 Å². The highest BCUT2D eigenvalue weighted by Gasteiger charge is 1.99. The molecule has 0 fully saturated rings. The lowest BCUT2D eigenvalue weighted by Crippen LogP contribution is -1.63. The predicted molar refractivity (Wildman–Crippen MR) is 54.5 cm³/mol. The van der Waals surface area contributed by atoms with Crippen molar-refractivity contribution in [2.45, 2.75) is 4.34 Å². The fraction of sp³-hybridized carbons (Fsp3) is 0. The van der Waals surface area contributed by atoms with E-state index in [-0.39, 0.29) is 0 Å². The Morgan fingerprint density at radius 2 is 2.18 bits per heavy atom. The van der Waals surface area contributed by atoms with Gasteiger partial charge in [0.15, 0.2) is 4.34 Å². The van der Waals surface area contributed by atoms with Crippen LogP contribution in [0.15, 0.2) is 28.6 Å². The van der Waals surface area contributed by atoms with Crippen LogP contribution in [0.2, 0.25) is 0 Å². The third-order valence-electron chi connectivity index (χ3n) is 1.35. The number of hydrogen-bond acceptors (Lipinski definition) is 4. The second-order valence-corrected chi connectivity index (χ2v) is 4.44. The van der Waals surface area contributed by atoms with Crippen LogP contribution in [0.1, 0.15) is 0 Å². The number of para-hydroxylation sites is 1. The molecule has 0 bridgehead atoms. The van der Waals surface area contributed by atoms with Gasteiger partial charge in [0.2, 0.25) is 0 Å². The van der Waals surface area contributed by atoms with Gasteiger partial charge < -0.3 is 0 Å². The lowest BCUT2D eigenvalue weighted by molar-refractivity contribution is 1.31. The number of benzene rings is 1. The minimum Gasteiger partial charge on any atom is -0.229 e. The van der Waals surface area contributed by atoms with Crippen LogP contribution in [0.5, 0.6) is 0 Å². The van der Waals surface area contributed by atoms with E-state index in [9.17, 15) is 0 Å². The summed E-state index contributed by atoms with van der Waals surface area (Å²) in [7, 11) is 1.40. The highest BCUT2D eigenvalue weighted by Crippen LogP contribution is 2.30. The lowest BCUT2D eigenvalue weighted by Gasteiger charge is -1.80. The van der Waals surface area contributed by atoms with Crippen molar-refractivity contribution in [2.24, 2.45) is 0 Å². The number of fused-ring (bicyclic) bond motifs is 1. The number of thiazole rings is 1. The minimum atomic E-state index is 1.01. The zero-order chi connectivity index (χ0) is 7.68. The smallest absolute Gasteiger partial charge is 0.161 e. The molecular formula is C7H5NS3. The van der Waals surface area contributed by atoms with Gasteiger partial charge in [-0.1, -0.05) is 12.1 Å². The van der Waals surface area contributed by atoms with Crippen molar-refractivity contribution in [2.75, 3.05) is 0 Å². The van der Waals surface area contributed by atoms with E-state index in [1.165, 1.54) is 15.5 Å². The SMILES string of the molecule is SSc1nc2ccccc2s1. The van der Waals surface area contributed by atoms with Crippen LogP contribution in [0.4, 0.5) is 0 Å². The normalized spacial score (nSPS) is 10.6. The van der Waals surface area contributed by atoms with Crippen molar-refractivity contribution in [3.8, 4) is 0 Å². The fourth-order valence-corrected chi connectivity index (χ4v) is 2.60. The maximum absolute atomic E-state index is 4.34. The van der Waals surface area contributed by atoms with Crippen LogP contribution in [-0.4, -0.2) is 4.98 Å². The summed E-state index contributed by atoms with van der Waals surface area (Å²) >= 11 is 5.76. The number of nitrogens with zero attached hydrogens (tertiary/aromatic N) is 1. The van der Waals surface area contributed by atoms with Crippen molar-refractivity contribution >= 4 is 44.0 Å². The molecule has 0 amide bonds. The number of rotatable bonds is 1. The largest absolute Gasteiger partial charge is 0.229 e. The fourth-order valence-electron chi connectivity index (χ4n) is 0.890. The first-order valence-corrected chi connectivity index (χ1v) is 5.75. The Balaban J connectivity index is 2.69. The molecule has 0 radical (unpaired) electrons. The molecule has 1 nitrogen and oxygen atoms in total. The maximum atomic E-state index is 4.34. The number of aromatic nitrogens is 1. The molecule has 2 aromatic rings. The van der Waals surface area contributed by atoms with Gasteiger partial charge >= 0.3 is 0 Å². The Bertz CT molecular complexity index is 335. The van der Waals surface area contributed by atoms with Crippen LogP contribution in [0.3, 0.4) is 0 Å². The molecule has 0 atom stereocenters. The monoisotopic (exact) mass is 199 g/mol. The molecule has 0 aliphatic rings. The van der Waals surface area contributed by atoms with Crippen LogP contribution < -0.4 is 0 Å². The molecule has 4 heteroatoms. The summed E-state index contributed by atoms with van der Waals surface area (Å²) in [5.41, 5.74) is 1.06. The van der Waals surface area contributed by atoms with Gasteiger partial charge in [-0.05, 0) is 22.9 Å². The zero-order valence-electron chi connectivity index (χ0n) is 5.52. The Morgan fingerprint density at radius 1 is 1.36 bits per heavy atom. The topological polar surface area (TPSA) is 12.9 Å². The second-order valence-electron chi connectivity index (χ2n) is 2.04. The molecule has 1 aromatic carbocycles. The van der Waals surface area contributed by atoms with Crippen LogP contribution in [0.25, 0.3) is 10.2 Å². The van der Waals surface area contributed by atoms with Crippen LogP contribution in [0, 0.1) is 0 Å². The van der Waals surface area contributed by atoms with Crippen molar-refractivity contribution in [3.05, 3.63) is 24.3 Å². The molecule has 0 aliphatic carbocycles. The molecule has 0 saturated carbocycles. The third kappa shape index (κ3) is 1.38. The summed E-state index contributed by atoms with van der Waals surface area (Å²) in [6.45, 7) is 0. The summed E-state index contributed by atoms with van der Waals surface area (Å²) in [6.07, 6.45) is 0. The van der Waals surface area contributed by atoms with Gasteiger partial charge in [-0.3, -0.25) is 0 Å². The quantitative estimate of drug-likeness (QED) is 0.559. The van der Waals surface area contributed by atoms with Crippen molar-refractivity contribution < 1.29 is 0 Å². The molecule has 1 heterocycles. The Morgan fingerprint density at radius 3 is 2.91 bits per heavy atom. The van der Waals surface area contributed by atoms with E-state index in [4.69, 9.17) is 0 Å². The van der Waals surface area contributed by atoms with Gasteiger partial charge in [0.25, 0.3) is 0 Å². The number of hydrogen-bond donors (Lipinski definition) is 1. The first-order valence-electron chi connectivity index (χ1n) is 3.07. The van der Waals surface area contributed by atoms with E-state index in [2.05, 4.69) is 22.7 Å². The Labute approximate surface area is 77.7 Å². The first-order chi connectivity index (χ1) is 5.40. The summed E-state index contributed by atoms with van der Waals surface area (Å²) < 4.78 is 2.23. The predicted octanol–water partition coefficient (Wildman–Crippen LogP) is 3.23. The highest BCUT2D eigenvalue weighted by atomic mass is 33.1. The van der Waals surface area contributed by atoms with Crippen molar-refractivity contribution in [3.63, 3.8) is 0 Å². The van der Waals surface area contributed by atoms with Gasteiger partial charge in [-0.15, -0.1) is 23.0 Å². The standard InChI is InChI=1S/C7H5NS3/c9-11-7-8-5-3-1-2-4-6(5)10-7/h1-4,9H. The van der Waals surface area contributed by atoms with Gasteiger partial charge in [-0.25, -0.2) is 4.98 Å². The van der Waals surface area contributed by atoms with E-state index < -0.39 is 0 Å². The summed E-state index contributed by atoms with van der Waals surface area (Å²) in [4.78, 5) is 4.34. The van der Waals surface area contributed by atoms with E-state index in [0.29, 0.717) is 0 Å². The zero-order valence-corrected chi connectivity index (χ0v) is 8.05. The Kier molecular flexibility index (Phi) is 2.07. The van der Waals surface area contributed by atoms with Crippen LogP contribution >= 0.6 is 33.8 Å². The molecule has 0 N–H and O–H groups in total. The second kappa shape index (κ2) is 3.05. The molecule has 0 unspecified atom stereocenters. The summed E-state index contributed by atoms with van der Waals surface area (Å²) in [6, 6.07) is 8.10. The van der Waals surface area contributed by atoms with Gasteiger partial charge in [0.05, 0.1) is 10.2 Å². The van der Waals surface area contributed by atoms with Crippen molar-refractivity contribution in [1.29, 1.82) is 0 Å². The summed E-state index contributed by atoms with van der Waals surface area (Å²) in [5.74, 6) is 0. The molecule has 11 heavy (non-hydrogen) atoms. The van der Waals surface area contributed by atoms with Crippen LogP contribution in [-0.2, 0) is 0 Å². The maximum Gasteiger partial charge on any atom is 0.161 e. The van der Waals surface area contributed by atoms with Gasteiger partial charge in [0, 0.05) is 0 Å². The Hall–Kier alpha value is -0.190. The molecule has 0 spiro atoms. The molecule has 0 saturated heterocycles. The molecule has 0 aliphatic heterocycles. The van der Waals surface area contributed by atoms with E-state index in [0.717, 1.165) is 9.86 Å². The van der Waals surface area contributed by atoms with E-state index >= 15 is 0 Å². The minimum absolute atomic E-state index is 1.01. The molecule has 1 aromatic heterocycles. The lowest BCUT2D eigenvalue weighted by atomic mass is 10.3. The average Bonchev–Trinajstić information content (AvgIpc) is 2.46. The van der Waals surface area contributed by atoms with Gasteiger partial charge in [0.1, 0.15) is 0 Å². The highest BCUT2D eigenvalue weighted by molar-refractivity contribution is 8.69. The summed E-state index contributed by atoms with van der Waals surface area (Å²) in [5, 5.41) is 0. The van der Waals surface area contributed by atoms with Crippen molar-refractivity contribution in [1.82, 2.24) is 4.98 Å². The molecular weight excluding hydrogens is 194 g/mol. The first kappa shape index (κ1) is 7.46. The molecule has 2 rings (SSSR count). The number of thiol groups is 1. The third-order valence-corrected chi connectivity index (χ3v) is 3.82. The van der Waals surface area contributed by atoms with E-state index in [1.54, 1.807) is 11.3 Å². The van der Waals surface area contributed by atoms with E-state index in [1.807, 2.05) is 18.2 Å². The average molecular weight is 199 g/mol.